The monoisotopic (exact) mass is 328 g/mol. The highest BCUT2D eigenvalue weighted by Gasteiger charge is 2.32. The topological polar surface area (TPSA) is 33.2 Å². The third kappa shape index (κ3) is 2.52. The number of carbonyl (C=O) groups is 1. The van der Waals surface area contributed by atoms with Gasteiger partial charge in [0.15, 0.2) is 5.13 Å². The Morgan fingerprint density at radius 2 is 2.22 bits per heavy atom. The number of hydrogen-bond donors (Lipinski definition) is 0. The molecule has 0 bridgehead atoms. The van der Waals surface area contributed by atoms with E-state index in [1.54, 1.807) is 4.90 Å². The minimum absolute atomic E-state index is 0.0196. The van der Waals surface area contributed by atoms with Crippen LogP contribution >= 0.6 is 27.3 Å². The van der Waals surface area contributed by atoms with Gasteiger partial charge in [-0.15, -0.1) is 6.58 Å². The second kappa shape index (κ2) is 4.78. The maximum atomic E-state index is 11.9. The van der Waals surface area contributed by atoms with E-state index in [-0.39, 0.29) is 17.2 Å². The lowest BCUT2D eigenvalue weighted by molar-refractivity contribution is -0.117. The summed E-state index contributed by atoms with van der Waals surface area (Å²) in [6.07, 6.45) is 2.40. The van der Waals surface area contributed by atoms with Crippen LogP contribution in [-0.4, -0.2) is 17.4 Å². The van der Waals surface area contributed by atoms with E-state index in [0.29, 0.717) is 13.0 Å². The fourth-order valence-corrected chi connectivity index (χ4v) is 4.10. The SMILES string of the molecule is C=CC1CC(=O)N(c2nc(C(C)(C)C)c(Br)s2)C1. The van der Waals surface area contributed by atoms with Crippen molar-refractivity contribution in [3.05, 3.63) is 22.1 Å². The van der Waals surface area contributed by atoms with Crippen LogP contribution in [0.2, 0.25) is 0 Å². The molecule has 0 saturated carbocycles. The molecule has 2 rings (SSSR count). The van der Waals surface area contributed by atoms with E-state index in [0.717, 1.165) is 14.6 Å². The normalized spacial score (nSPS) is 20.6. The first kappa shape index (κ1) is 13.7. The van der Waals surface area contributed by atoms with E-state index < -0.39 is 0 Å². The number of carbonyl (C=O) groups excluding carboxylic acids is 1. The summed E-state index contributed by atoms with van der Waals surface area (Å²) < 4.78 is 1.01. The van der Waals surface area contributed by atoms with Crippen LogP contribution in [0.4, 0.5) is 5.13 Å². The molecule has 1 aromatic rings. The van der Waals surface area contributed by atoms with E-state index in [1.807, 2.05) is 6.08 Å². The van der Waals surface area contributed by atoms with Gasteiger partial charge in [0.25, 0.3) is 0 Å². The van der Waals surface area contributed by atoms with Crippen molar-refractivity contribution in [3.63, 3.8) is 0 Å². The first-order chi connectivity index (χ1) is 8.32. The van der Waals surface area contributed by atoms with Crippen molar-refractivity contribution >= 4 is 38.3 Å². The third-order valence-corrected chi connectivity index (χ3v) is 4.73. The second-order valence-corrected chi connectivity index (χ2v) is 7.87. The Kier molecular flexibility index (Phi) is 3.65. The lowest BCUT2D eigenvalue weighted by Crippen LogP contribution is -2.24. The second-order valence-electron chi connectivity index (χ2n) is 5.57. The van der Waals surface area contributed by atoms with Crippen LogP contribution in [-0.2, 0) is 10.2 Å². The zero-order valence-corrected chi connectivity index (χ0v) is 13.3. The molecule has 1 saturated heterocycles. The van der Waals surface area contributed by atoms with Crippen molar-refractivity contribution in [2.75, 3.05) is 11.4 Å². The Hall–Kier alpha value is -0.680. The molecule has 5 heteroatoms. The van der Waals surface area contributed by atoms with Gasteiger partial charge in [0.1, 0.15) is 0 Å². The minimum Gasteiger partial charge on any atom is -0.287 e. The zero-order chi connectivity index (χ0) is 13.5. The molecule has 2 heterocycles. The summed E-state index contributed by atoms with van der Waals surface area (Å²) in [7, 11) is 0. The quantitative estimate of drug-likeness (QED) is 0.775. The predicted molar refractivity (Wildman–Crippen MR) is 79.2 cm³/mol. The molecule has 0 spiro atoms. The molecule has 1 amide bonds. The molecule has 1 unspecified atom stereocenters. The average molecular weight is 329 g/mol. The fraction of sp³-hybridized carbons (Fsp3) is 0.538. The molecule has 18 heavy (non-hydrogen) atoms. The van der Waals surface area contributed by atoms with E-state index >= 15 is 0 Å². The Morgan fingerprint density at radius 1 is 1.56 bits per heavy atom. The van der Waals surface area contributed by atoms with Gasteiger partial charge in [-0.25, -0.2) is 4.98 Å². The highest BCUT2D eigenvalue weighted by atomic mass is 79.9. The molecule has 0 radical (unpaired) electrons. The number of hydrogen-bond acceptors (Lipinski definition) is 3. The Balaban J connectivity index is 2.30. The molecule has 3 nitrogen and oxygen atoms in total. The minimum atomic E-state index is -0.0196. The summed E-state index contributed by atoms with van der Waals surface area (Å²) in [6.45, 7) is 10.8. The number of anilines is 1. The number of rotatable bonds is 2. The molecule has 1 atom stereocenters. The number of thiazole rings is 1. The first-order valence-electron chi connectivity index (χ1n) is 5.92. The first-order valence-corrected chi connectivity index (χ1v) is 7.53. The molecule has 1 fully saturated rings. The Morgan fingerprint density at radius 3 is 2.67 bits per heavy atom. The Labute approximate surface area is 120 Å². The lowest BCUT2D eigenvalue weighted by atomic mass is 9.93. The molecule has 1 aromatic heterocycles. The van der Waals surface area contributed by atoms with E-state index in [9.17, 15) is 4.79 Å². The van der Waals surface area contributed by atoms with Gasteiger partial charge < -0.3 is 0 Å². The average Bonchev–Trinajstić information content (AvgIpc) is 2.80. The molecule has 0 N–H and O–H groups in total. The number of nitrogens with zero attached hydrogens (tertiary/aromatic N) is 2. The predicted octanol–water partition coefficient (Wildman–Crippen LogP) is 3.74. The van der Waals surface area contributed by atoms with Crippen molar-refractivity contribution in [3.8, 4) is 0 Å². The molecule has 1 aliphatic rings. The number of amides is 1. The molecule has 0 aromatic carbocycles. The van der Waals surface area contributed by atoms with Crippen LogP contribution in [0.3, 0.4) is 0 Å². The fourth-order valence-electron chi connectivity index (χ4n) is 1.95. The summed E-state index contributed by atoms with van der Waals surface area (Å²) in [6, 6.07) is 0. The van der Waals surface area contributed by atoms with Crippen molar-refractivity contribution in [1.29, 1.82) is 0 Å². The summed E-state index contributed by atoms with van der Waals surface area (Å²) in [4.78, 5) is 18.3. The molecular weight excluding hydrogens is 312 g/mol. The molecule has 1 aliphatic heterocycles. The number of halogens is 1. The number of aromatic nitrogens is 1. The molecular formula is C13H17BrN2OS. The van der Waals surface area contributed by atoms with E-state index in [2.05, 4.69) is 48.3 Å². The summed E-state index contributed by atoms with van der Waals surface area (Å²) in [5.74, 6) is 0.389. The highest BCUT2D eigenvalue weighted by molar-refractivity contribution is 9.11. The van der Waals surface area contributed by atoms with Crippen molar-refractivity contribution in [2.45, 2.75) is 32.6 Å². The van der Waals surface area contributed by atoms with Gasteiger partial charge in [0, 0.05) is 24.3 Å². The van der Waals surface area contributed by atoms with Gasteiger partial charge in [-0.3, -0.25) is 9.69 Å². The van der Waals surface area contributed by atoms with Gasteiger partial charge in [-0.1, -0.05) is 38.2 Å². The van der Waals surface area contributed by atoms with Crippen LogP contribution in [0.1, 0.15) is 32.9 Å². The third-order valence-electron chi connectivity index (χ3n) is 3.00. The van der Waals surface area contributed by atoms with E-state index in [1.165, 1.54) is 11.3 Å². The van der Waals surface area contributed by atoms with Gasteiger partial charge >= 0.3 is 0 Å². The largest absolute Gasteiger partial charge is 0.287 e. The van der Waals surface area contributed by atoms with Gasteiger partial charge in [0.05, 0.1) is 9.48 Å². The van der Waals surface area contributed by atoms with Crippen LogP contribution in [0, 0.1) is 5.92 Å². The van der Waals surface area contributed by atoms with Crippen LogP contribution < -0.4 is 4.90 Å². The van der Waals surface area contributed by atoms with Crippen LogP contribution in [0.15, 0.2) is 16.4 Å². The van der Waals surface area contributed by atoms with Gasteiger partial charge in [-0.2, -0.15) is 0 Å². The standard InChI is InChI=1S/C13H17BrN2OS/c1-5-8-6-9(17)16(7-8)12-15-10(11(14)18-12)13(2,3)4/h5,8H,1,6-7H2,2-4H3. The van der Waals surface area contributed by atoms with Crippen LogP contribution in [0.5, 0.6) is 0 Å². The zero-order valence-electron chi connectivity index (χ0n) is 10.9. The maximum Gasteiger partial charge on any atom is 0.229 e. The summed E-state index contributed by atoms with van der Waals surface area (Å²) >= 11 is 5.08. The Bertz CT molecular complexity index is 490. The van der Waals surface area contributed by atoms with Crippen LogP contribution in [0.25, 0.3) is 0 Å². The molecule has 0 aliphatic carbocycles. The van der Waals surface area contributed by atoms with Gasteiger partial charge in [-0.05, 0) is 15.9 Å². The summed E-state index contributed by atoms with van der Waals surface area (Å²) in [5.41, 5.74) is 0.992. The van der Waals surface area contributed by atoms with Crippen molar-refractivity contribution < 1.29 is 4.79 Å². The van der Waals surface area contributed by atoms with Crippen molar-refractivity contribution in [1.82, 2.24) is 4.98 Å². The van der Waals surface area contributed by atoms with Crippen molar-refractivity contribution in [2.24, 2.45) is 5.92 Å². The lowest BCUT2D eigenvalue weighted by Gasteiger charge is -2.16. The molecule has 98 valence electrons. The highest BCUT2D eigenvalue weighted by Crippen LogP contribution is 2.39. The smallest absolute Gasteiger partial charge is 0.229 e. The van der Waals surface area contributed by atoms with E-state index in [4.69, 9.17) is 0 Å². The van der Waals surface area contributed by atoms with Gasteiger partial charge in [0.2, 0.25) is 5.91 Å². The summed E-state index contributed by atoms with van der Waals surface area (Å²) in [5, 5.41) is 0.793. The maximum absolute atomic E-state index is 11.9.